The number of nitrogens with zero attached hydrogens (tertiary/aromatic N) is 3. The normalized spacial score (nSPS) is 12.3. The van der Waals surface area contributed by atoms with Crippen molar-refractivity contribution in [1.82, 2.24) is 21.3 Å². The molecular formula is C38H39N9O16. The fraction of sp³-hybridized carbons (Fsp3) is 0.263. The maximum Gasteiger partial charge on any atom is 0.326 e. The minimum absolute atomic E-state index is 0.110. The largest absolute Gasteiger partial charge is 0.481 e. The quantitative estimate of drug-likeness (QED) is 0.0369. The van der Waals surface area contributed by atoms with Crippen LogP contribution in [0.4, 0.5) is 26.7 Å². The van der Waals surface area contributed by atoms with E-state index in [1.807, 2.05) is 10.6 Å². The summed E-state index contributed by atoms with van der Waals surface area (Å²) in [5, 5.41) is 72.3. The van der Waals surface area contributed by atoms with Gasteiger partial charge in [0.1, 0.15) is 24.2 Å². The SMILES string of the molecule is [N-]=[N+]=Nc1cc(C(=O)Nc2ccc(C[C@H](NC(=O)N[C@@H](CCC(=O)O)C(=O)O)C(=O)O)cc2)cc(C(=O)Nc2ccc(C[C@H](NC(=O)N[C@@H](CCC(=O)O)C(=O)O)C(=O)O)cc2)c1. The Labute approximate surface area is 354 Å². The van der Waals surface area contributed by atoms with E-state index in [9.17, 15) is 68.4 Å². The van der Waals surface area contributed by atoms with Crippen molar-refractivity contribution in [3.63, 3.8) is 0 Å². The number of aliphatic carboxylic acids is 6. The summed E-state index contributed by atoms with van der Waals surface area (Å²) < 4.78 is 0. The predicted molar refractivity (Wildman–Crippen MR) is 214 cm³/mol. The van der Waals surface area contributed by atoms with Crippen LogP contribution >= 0.6 is 0 Å². The van der Waals surface area contributed by atoms with E-state index in [-0.39, 0.29) is 41.0 Å². The molecule has 0 radical (unpaired) electrons. The fourth-order valence-electron chi connectivity index (χ4n) is 5.48. The van der Waals surface area contributed by atoms with Crippen molar-refractivity contribution in [1.29, 1.82) is 0 Å². The average Bonchev–Trinajstić information content (AvgIpc) is 3.21. The van der Waals surface area contributed by atoms with Crippen LogP contribution in [0.2, 0.25) is 0 Å². The lowest BCUT2D eigenvalue weighted by Crippen LogP contribution is -2.51. The summed E-state index contributed by atoms with van der Waals surface area (Å²) in [6, 6.07) is 6.31. The highest BCUT2D eigenvalue weighted by Crippen LogP contribution is 2.22. The number of urea groups is 2. The van der Waals surface area contributed by atoms with E-state index in [0.717, 1.165) is 0 Å². The van der Waals surface area contributed by atoms with Gasteiger partial charge in [-0.2, -0.15) is 0 Å². The monoisotopic (exact) mass is 877 g/mol. The third-order valence-corrected chi connectivity index (χ3v) is 8.61. The molecular weight excluding hydrogens is 838 g/mol. The third-order valence-electron chi connectivity index (χ3n) is 8.61. The lowest BCUT2D eigenvalue weighted by atomic mass is 10.0. The molecule has 0 saturated heterocycles. The van der Waals surface area contributed by atoms with Gasteiger partial charge in [0.25, 0.3) is 11.8 Å². The van der Waals surface area contributed by atoms with Gasteiger partial charge >= 0.3 is 47.9 Å². The zero-order valence-electron chi connectivity index (χ0n) is 32.5. The number of benzene rings is 3. The number of carboxylic acid groups (broad SMARTS) is 6. The summed E-state index contributed by atoms with van der Waals surface area (Å²) in [4.78, 5) is 122. The first-order chi connectivity index (χ1) is 29.7. The number of azide groups is 1. The molecule has 0 unspecified atom stereocenters. The number of amides is 6. The van der Waals surface area contributed by atoms with Crippen LogP contribution in [0.25, 0.3) is 10.4 Å². The van der Waals surface area contributed by atoms with Crippen LogP contribution in [0.15, 0.2) is 71.8 Å². The first-order valence-corrected chi connectivity index (χ1v) is 18.2. The molecule has 4 atom stereocenters. The predicted octanol–water partition coefficient (Wildman–Crippen LogP) is 2.36. The van der Waals surface area contributed by atoms with Gasteiger partial charge in [-0.25, -0.2) is 28.8 Å². The molecule has 0 aromatic heterocycles. The molecule has 6 amide bonds. The van der Waals surface area contributed by atoms with E-state index in [0.29, 0.717) is 11.1 Å². The minimum Gasteiger partial charge on any atom is -0.481 e. The molecule has 3 aromatic rings. The first-order valence-electron chi connectivity index (χ1n) is 18.2. The number of hydrogen-bond donors (Lipinski definition) is 12. The topological polar surface area (TPSA) is 413 Å². The van der Waals surface area contributed by atoms with E-state index in [1.165, 1.54) is 66.7 Å². The summed E-state index contributed by atoms with van der Waals surface area (Å²) in [6.07, 6.45) is -2.59. The molecule has 0 saturated carbocycles. The van der Waals surface area contributed by atoms with Gasteiger partial charge < -0.3 is 62.5 Å². The Morgan fingerprint density at radius 3 is 1.14 bits per heavy atom. The summed E-state index contributed by atoms with van der Waals surface area (Å²) in [7, 11) is 0. The van der Waals surface area contributed by atoms with E-state index in [4.69, 9.17) is 15.7 Å². The second-order valence-corrected chi connectivity index (χ2v) is 13.3. The molecule has 0 fully saturated rings. The van der Waals surface area contributed by atoms with Crippen LogP contribution in [0.1, 0.15) is 57.5 Å². The Morgan fingerprint density at radius 2 is 0.841 bits per heavy atom. The summed E-state index contributed by atoms with van der Waals surface area (Å²) in [5.74, 6) is -10.1. The Balaban J connectivity index is 1.66. The number of anilines is 2. The van der Waals surface area contributed by atoms with Crippen molar-refractivity contribution >= 4 is 76.8 Å². The maximum atomic E-state index is 13.3. The van der Waals surface area contributed by atoms with Crippen molar-refractivity contribution in [2.75, 3.05) is 10.6 Å². The van der Waals surface area contributed by atoms with Crippen LogP contribution in [-0.2, 0) is 41.6 Å². The van der Waals surface area contributed by atoms with Crippen LogP contribution in [0.5, 0.6) is 0 Å². The molecule has 63 heavy (non-hydrogen) atoms. The van der Waals surface area contributed by atoms with Crippen molar-refractivity contribution in [2.24, 2.45) is 5.11 Å². The number of carbonyl (C=O) groups is 10. The van der Waals surface area contributed by atoms with Gasteiger partial charge in [0, 0.05) is 58.8 Å². The second-order valence-electron chi connectivity index (χ2n) is 13.3. The molecule has 0 spiro atoms. The standard InChI is InChI=1S/C38H39N9O16/c39-47-46-24-16-20(31(52)40-22-5-1-18(2-6-22)13-27(35(58)59)44-37(62)42-25(33(54)55)9-11-29(48)49)15-21(17-24)32(53)41-23-7-3-19(4-8-23)14-28(36(60)61)45-38(63)43-26(34(56)57)10-12-30(50)51/h1-8,15-17,25-28H,9-14H2,(H,40,52)(H,41,53)(H,48,49)(H,50,51)(H,54,55)(H,56,57)(H,58,59)(H,60,61)(H2,42,44,62)(H2,43,45,63)/t25-,26-,27-,28-/m0/s1. The highest BCUT2D eigenvalue weighted by molar-refractivity contribution is 6.09. The van der Waals surface area contributed by atoms with Gasteiger partial charge in [-0.1, -0.05) is 29.4 Å². The molecule has 0 aliphatic carbocycles. The number of carbonyl (C=O) groups excluding carboxylic acids is 4. The molecule has 25 heteroatoms. The highest BCUT2D eigenvalue weighted by atomic mass is 16.4. The molecule has 0 aliphatic rings. The van der Waals surface area contributed by atoms with Gasteiger partial charge in [0.05, 0.1) is 0 Å². The van der Waals surface area contributed by atoms with E-state index < -0.39 is 110 Å². The number of carboxylic acids is 6. The Kier molecular flexibility index (Phi) is 17.9. The summed E-state index contributed by atoms with van der Waals surface area (Å²) in [6.45, 7) is 0. The number of rotatable bonds is 23. The Hall–Kier alpha value is -8.73. The first kappa shape index (κ1) is 48.6. The zero-order chi connectivity index (χ0) is 46.8. The van der Waals surface area contributed by atoms with Crippen LogP contribution in [-0.4, -0.2) is 114 Å². The van der Waals surface area contributed by atoms with E-state index in [1.54, 1.807) is 0 Å². The van der Waals surface area contributed by atoms with Crippen molar-refractivity contribution in [3.05, 3.63) is 99.4 Å². The van der Waals surface area contributed by atoms with Gasteiger partial charge in [-0.3, -0.25) is 19.2 Å². The lowest BCUT2D eigenvalue weighted by molar-refractivity contribution is -0.142. The van der Waals surface area contributed by atoms with Gasteiger partial charge in [0.2, 0.25) is 0 Å². The molecule has 12 N–H and O–H groups in total. The molecule has 332 valence electrons. The summed E-state index contributed by atoms with van der Waals surface area (Å²) >= 11 is 0. The van der Waals surface area contributed by atoms with Crippen molar-refractivity contribution in [3.8, 4) is 0 Å². The second kappa shape index (κ2) is 23.2. The van der Waals surface area contributed by atoms with Crippen LogP contribution in [0.3, 0.4) is 0 Å². The van der Waals surface area contributed by atoms with Gasteiger partial charge in [-0.05, 0) is 72.0 Å². The van der Waals surface area contributed by atoms with Gasteiger partial charge in [-0.15, -0.1) is 0 Å². The van der Waals surface area contributed by atoms with Gasteiger partial charge in [0.15, 0.2) is 0 Å². The smallest absolute Gasteiger partial charge is 0.326 e. The van der Waals surface area contributed by atoms with E-state index >= 15 is 0 Å². The molecule has 3 aromatic carbocycles. The van der Waals surface area contributed by atoms with Crippen molar-refractivity contribution in [2.45, 2.75) is 62.7 Å². The molecule has 3 rings (SSSR count). The Morgan fingerprint density at radius 1 is 0.508 bits per heavy atom. The van der Waals surface area contributed by atoms with E-state index in [2.05, 4.69) is 31.3 Å². The molecule has 0 aliphatic heterocycles. The maximum absolute atomic E-state index is 13.3. The number of nitrogens with one attached hydrogen (secondary N) is 6. The average molecular weight is 878 g/mol. The molecule has 0 heterocycles. The minimum atomic E-state index is -1.60. The Bertz CT molecular complexity index is 2150. The zero-order valence-corrected chi connectivity index (χ0v) is 32.5. The molecule has 25 nitrogen and oxygen atoms in total. The highest BCUT2D eigenvalue weighted by Gasteiger charge is 2.27. The number of hydrogen-bond acceptors (Lipinski definition) is 11. The third kappa shape index (κ3) is 16.4. The van der Waals surface area contributed by atoms with Crippen molar-refractivity contribution < 1.29 is 78.6 Å². The fourth-order valence-corrected chi connectivity index (χ4v) is 5.48. The van der Waals surface area contributed by atoms with Crippen LogP contribution < -0.4 is 31.9 Å². The van der Waals surface area contributed by atoms with Crippen LogP contribution in [0, 0.1) is 0 Å². The lowest BCUT2D eigenvalue weighted by Gasteiger charge is -2.18. The summed E-state index contributed by atoms with van der Waals surface area (Å²) in [5.41, 5.74) is 9.80. The molecule has 0 bridgehead atoms.